The highest BCUT2D eigenvalue weighted by Crippen LogP contribution is 2.26. The summed E-state index contributed by atoms with van der Waals surface area (Å²) < 4.78 is 27.2. The van der Waals surface area contributed by atoms with E-state index in [1.54, 1.807) is 10.4 Å². The summed E-state index contributed by atoms with van der Waals surface area (Å²) in [6.45, 7) is 11.1. The minimum absolute atomic E-state index is 0.0224. The lowest BCUT2D eigenvalue weighted by atomic mass is 10.3. The van der Waals surface area contributed by atoms with E-state index in [9.17, 15) is 8.42 Å². The Morgan fingerprint density at radius 2 is 1.95 bits per heavy atom. The number of hydrogen-bond donors (Lipinski definition) is 1. The monoisotopic (exact) mass is 318 g/mol. The molecule has 0 aliphatic rings. The van der Waals surface area contributed by atoms with Crippen molar-refractivity contribution in [3.05, 3.63) is 16.3 Å². The molecule has 0 bridgehead atoms. The highest BCUT2D eigenvalue weighted by molar-refractivity contribution is 7.89. The Hall–Kier alpha value is -0.430. The third-order valence-corrected chi connectivity index (χ3v) is 6.19. The predicted octanol–water partition coefficient (Wildman–Crippen LogP) is 3.06. The van der Waals surface area contributed by atoms with E-state index < -0.39 is 10.0 Å². The fourth-order valence-electron chi connectivity index (χ4n) is 1.99. The molecule has 0 spiro atoms. The van der Waals surface area contributed by atoms with Crippen LogP contribution in [0.2, 0.25) is 0 Å². The SMILES string of the molecule is CCCN(C(C)C)S(=O)(=O)c1ccsc1CNC(C)C. The van der Waals surface area contributed by atoms with Gasteiger partial charge in [-0.1, -0.05) is 20.8 Å². The van der Waals surface area contributed by atoms with Crippen LogP contribution in [0.25, 0.3) is 0 Å². The van der Waals surface area contributed by atoms with Crippen LogP contribution in [0.15, 0.2) is 16.3 Å². The van der Waals surface area contributed by atoms with E-state index in [1.165, 1.54) is 11.3 Å². The molecule has 1 aromatic heterocycles. The van der Waals surface area contributed by atoms with Crippen LogP contribution in [0.1, 0.15) is 45.9 Å². The molecule has 0 aliphatic heterocycles. The maximum absolute atomic E-state index is 12.8. The molecule has 1 N–H and O–H groups in total. The summed E-state index contributed by atoms with van der Waals surface area (Å²) in [7, 11) is -3.39. The standard InChI is InChI=1S/C14H26N2O2S2/c1-6-8-16(12(4)5)20(17,18)14-7-9-19-13(14)10-15-11(2)3/h7,9,11-12,15H,6,8,10H2,1-5H3. The second-order valence-electron chi connectivity index (χ2n) is 5.45. The number of nitrogens with zero attached hydrogens (tertiary/aromatic N) is 1. The molecule has 0 fully saturated rings. The molecule has 6 heteroatoms. The van der Waals surface area contributed by atoms with Crippen molar-refractivity contribution in [2.45, 2.75) is 64.6 Å². The molecule has 0 radical (unpaired) electrons. The van der Waals surface area contributed by atoms with Crippen molar-refractivity contribution in [1.82, 2.24) is 9.62 Å². The van der Waals surface area contributed by atoms with Crippen molar-refractivity contribution in [2.75, 3.05) is 6.54 Å². The summed E-state index contributed by atoms with van der Waals surface area (Å²) in [4.78, 5) is 1.35. The molecule has 0 amide bonds. The van der Waals surface area contributed by atoms with Crippen LogP contribution in [0.5, 0.6) is 0 Å². The molecule has 4 nitrogen and oxygen atoms in total. The Kier molecular flexibility index (Phi) is 6.64. The van der Waals surface area contributed by atoms with Crippen molar-refractivity contribution < 1.29 is 8.42 Å². The van der Waals surface area contributed by atoms with E-state index in [4.69, 9.17) is 0 Å². The average Bonchev–Trinajstić information content (AvgIpc) is 2.81. The van der Waals surface area contributed by atoms with Gasteiger partial charge < -0.3 is 5.32 Å². The summed E-state index contributed by atoms with van der Waals surface area (Å²) in [5, 5.41) is 5.14. The molecule has 0 saturated heterocycles. The molecule has 20 heavy (non-hydrogen) atoms. The van der Waals surface area contributed by atoms with Gasteiger partial charge in [0.15, 0.2) is 0 Å². The molecule has 0 unspecified atom stereocenters. The van der Waals surface area contributed by atoms with Gasteiger partial charge in [-0.15, -0.1) is 11.3 Å². The van der Waals surface area contributed by atoms with Crippen molar-refractivity contribution in [3.63, 3.8) is 0 Å². The molecule has 1 aromatic rings. The number of sulfonamides is 1. The predicted molar refractivity (Wildman–Crippen MR) is 85.6 cm³/mol. The van der Waals surface area contributed by atoms with E-state index in [2.05, 4.69) is 19.2 Å². The normalized spacial score (nSPS) is 12.8. The lowest BCUT2D eigenvalue weighted by Gasteiger charge is -2.25. The highest BCUT2D eigenvalue weighted by Gasteiger charge is 2.29. The molecular formula is C14H26N2O2S2. The second kappa shape index (κ2) is 7.54. The zero-order valence-corrected chi connectivity index (χ0v) is 14.6. The molecular weight excluding hydrogens is 292 g/mol. The Balaban J connectivity index is 3.05. The van der Waals surface area contributed by atoms with E-state index in [0.29, 0.717) is 24.0 Å². The summed E-state index contributed by atoms with van der Waals surface area (Å²) in [6, 6.07) is 2.04. The van der Waals surface area contributed by atoms with Gasteiger partial charge >= 0.3 is 0 Å². The maximum Gasteiger partial charge on any atom is 0.244 e. The number of hydrogen-bond acceptors (Lipinski definition) is 4. The molecule has 0 saturated carbocycles. The minimum Gasteiger partial charge on any atom is -0.310 e. The van der Waals surface area contributed by atoms with Gasteiger partial charge in [-0.2, -0.15) is 4.31 Å². The van der Waals surface area contributed by atoms with Crippen molar-refractivity contribution in [2.24, 2.45) is 0 Å². The Labute approximate surface area is 127 Å². The summed E-state index contributed by atoms with van der Waals surface area (Å²) >= 11 is 1.50. The fraction of sp³-hybridized carbons (Fsp3) is 0.714. The first kappa shape index (κ1) is 17.6. The quantitative estimate of drug-likeness (QED) is 0.801. The molecule has 1 rings (SSSR count). The van der Waals surface area contributed by atoms with Crippen LogP contribution in [0, 0.1) is 0 Å². The summed E-state index contributed by atoms with van der Waals surface area (Å²) in [5.74, 6) is 0. The maximum atomic E-state index is 12.8. The van der Waals surface area contributed by atoms with Crippen LogP contribution >= 0.6 is 11.3 Å². The minimum atomic E-state index is -3.39. The zero-order valence-electron chi connectivity index (χ0n) is 13.0. The van der Waals surface area contributed by atoms with Gasteiger partial charge in [0.05, 0.1) is 4.90 Å². The van der Waals surface area contributed by atoms with Gasteiger partial charge in [-0.05, 0) is 31.7 Å². The third-order valence-electron chi connectivity index (χ3n) is 2.98. The van der Waals surface area contributed by atoms with E-state index in [0.717, 1.165) is 11.3 Å². The Morgan fingerprint density at radius 3 is 2.45 bits per heavy atom. The van der Waals surface area contributed by atoms with E-state index >= 15 is 0 Å². The van der Waals surface area contributed by atoms with Gasteiger partial charge in [-0.3, -0.25) is 0 Å². The van der Waals surface area contributed by atoms with Gasteiger partial charge in [0.2, 0.25) is 10.0 Å². The van der Waals surface area contributed by atoms with Crippen molar-refractivity contribution >= 4 is 21.4 Å². The second-order valence-corrected chi connectivity index (χ2v) is 8.31. The van der Waals surface area contributed by atoms with Crippen LogP contribution in [-0.4, -0.2) is 31.4 Å². The summed E-state index contributed by atoms with van der Waals surface area (Å²) in [6.07, 6.45) is 0.821. The highest BCUT2D eigenvalue weighted by atomic mass is 32.2. The van der Waals surface area contributed by atoms with Crippen molar-refractivity contribution in [1.29, 1.82) is 0 Å². The lowest BCUT2D eigenvalue weighted by Crippen LogP contribution is -2.38. The fourth-order valence-corrected chi connectivity index (χ4v) is 5.08. The Bertz CT molecular complexity index is 507. The smallest absolute Gasteiger partial charge is 0.244 e. The molecule has 1 heterocycles. The third kappa shape index (κ3) is 4.28. The number of thiophene rings is 1. The lowest BCUT2D eigenvalue weighted by molar-refractivity contribution is 0.354. The van der Waals surface area contributed by atoms with Crippen LogP contribution in [0.4, 0.5) is 0 Å². The van der Waals surface area contributed by atoms with Crippen molar-refractivity contribution in [3.8, 4) is 0 Å². The average molecular weight is 319 g/mol. The van der Waals surface area contributed by atoms with E-state index in [1.807, 2.05) is 26.2 Å². The zero-order chi connectivity index (χ0) is 15.3. The van der Waals surface area contributed by atoms with Gasteiger partial charge in [0, 0.05) is 30.1 Å². The molecule has 0 aromatic carbocycles. The molecule has 0 atom stereocenters. The summed E-state index contributed by atoms with van der Waals surface area (Å²) in [5.41, 5.74) is 0. The topological polar surface area (TPSA) is 49.4 Å². The molecule has 116 valence electrons. The number of rotatable bonds is 8. The van der Waals surface area contributed by atoms with Gasteiger partial charge in [0.25, 0.3) is 0 Å². The largest absolute Gasteiger partial charge is 0.310 e. The Morgan fingerprint density at radius 1 is 1.30 bits per heavy atom. The molecule has 0 aliphatic carbocycles. The van der Waals surface area contributed by atoms with Gasteiger partial charge in [0.1, 0.15) is 0 Å². The van der Waals surface area contributed by atoms with Gasteiger partial charge in [-0.25, -0.2) is 8.42 Å². The van der Waals surface area contributed by atoms with Crippen LogP contribution in [-0.2, 0) is 16.6 Å². The number of nitrogens with one attached hydrogen (secondary N) is 1. The van der Waals surface area contributed by atoms with Crippen LogP contribution in [0.3, 0.4) is 0 Å². The van der Waals surface area contributed by atoms with E-state index in [-0.39, 0.29) is 6.04 Å². The first-order valence-electron chi connectivity index (χ1n) is 7.12. The first-order chi connectivity index (χ1) is 9.30. The first-order valence-corrected chi connectivity index (χ1v) is 9.44. The van der Waals surface area contributed by atoms with Crippen LogP contribution < -0.4 is 5.32 Å².